The molecule has 1 unspecified atom stereocenters. The summed E-state index contributed by atoms with van der Waals surface area (Å²) >= 11 is 0. The Kier molecular flexibility index (Phi) is 11.0. The van der Waals surface area contributed by atoms with Gasteiger partial charge in [-0.25, -0.2) is 15.0 Å². The largest absolute Gasteiger partial charge is 0.481 e. The van der Waals surface area contributed by atoms with Crippen LogP contribution in [0.3, 0.4) is 0 Å². The zero-order valence-electron chi connectivity index (χ0n) is 22.6. The molecule has 0 bridgehead atoms. The van der Waals surface area contributed by atoms with Crippen molar-refractivity contribution in [1.29, 1.82) is 0 Å². The molecule has 42 heavy (non-hydrogen) atoms. The fourth-order valence-electron chi connectivity index (χ4n) is 3.67. The van der Waals surface area contributed by atoms with Gasteiger partial charge in [-0.15, -0.1) is 0 Å². The van der Waals surface area contributed by atoms with Crippen LogP contribution in [0.4, 0.5) is 5.69 Å². The van der Waals surface area contributed by atoms with Crippen LogP contribution in [-0.2, 0) is 32.1 Å². The second kappa shape index (κ2) is 14.8. The molecule has 0 saturated heterocycles. The van der Waals surface area contributed by atoms with E-state index in [4.69, 9.17) is 10.2 Å². The molecular formula is C26H30N8O8. The van der Waals surface area contributed by atoms with Crippen molar-refractivity contribution in [2.45, 2.75) is 45.2 Å². The summed E-state index contributed by atoms with van der Waals surface area (Å²) in [6.45, 7) is 1.57. The highest BCUT2D eigenvalue weighted by molar-refractivity contribution is 5.94. The van der Waals surface area contributed by atoms with E-state index in [9.17, 15) is 28.8 Å². The number of fused-ring (bicyclic) bond motifs is 1. The van der Waals surface area contributed by atoms with Crippen LogP contribution >= 0.6 is 0 Å². The van der Waals surface area contributed by atoms with Crippen LogP contribution in [0.5, 0.6) is 0 Å². The summed E-state index contributed by atoms with van der Waals surface area (Å²) in [5.41, 5.74) is 1.67. The van der Waals surface area contributed by atoms with Crippen LogP contribution in [0, 0.1) is 0 Å². The molecule has 3 amide bonds. The lowest BCUT2D eigenvalue weighted by atomic mass is 10.1. The minimum absolute atomic E-state index is 0.106. The predicted molar refractivity (Wildman–Crippen MR) is 147 cm³/mol. The number of amides is 3. The maximum atomic E-state index is 12.4. The molecule has 0 saturated carbocycles. The Morgan fingerprint density at radius 3 is 2.40 bits per heavy atom. The van der Waals surface area contributed by atoms with Gasteiger partial charge in [0.15, 0.2) is 11.2 Å². The molecule has 0 radical (unpaired) electrons. The van der Waals surface area contributed by atoms with Crippen molar-refractivity contribution in [3.05, 3.63) is 57.9 Å². The van der Waals surface area contributed by atoms with E-state index in [1.807, 2.05) is 12.2 Å². The number of aliphatic carboxylic acids is 2. The smallest absolute Gasteiger partial charge is 0.322 e. The number of aromatic amines is 1. The van der Waals surface area contributed by atoms with Gasteiger partial charge in [-0.3, -0.25) is 28.8 Å². The van der Waals surface area contributed by atoms with Crippen molar-refractivity contribution in [2.75, 3.05) is 18.4 Å². The molecule has 0 aliphatic rings. The van der Waals surface area contributed by atoms with Gasteiger partial charge in [0.05, 0.1) is 24.9 Å². The van der Waals surface area contributed by atoms with Crippen LogP contribution in [0.2, 0.25) is 0 Å². The highest BCUT2D eigenvalue weighted by Gasteiger charge is 2.24. The summed E-state index contributed by atoms with van der Waals surface area (Å²) in [6, 6.07) is 5.15. The van der Waals surface area contributed by atoms with E-state index in [0.717, 1.165) is 0 Å². The average Bonchev–Trinajstić information content (AvgIpc) is 2.96. The lowest BCUT2D eigenvalue weighted by Crippen LogP contribution is -2.48. The third kappa shape index (κ3) is 9.35. The monoisotopic (exact) mass is 582 g/mol. The van der Waals surface area contributed by atoms with E-state index in [-0.39, 0.29) is 48.6 Å². The Hall–Kier alpha value is -5.41. The summed E-state index contributed by atoms with van der Waals surface area (Å²) in [6.07, 6.45) is 1.48. The molecule has 0 spiro atoms. The van der Waals surface area contributed by atoms with Crippen LogP contribution in [-0.4, -0.2) is 78.9 Å². The number of aromatic nitrogens is 4. The normalized spacial score (nSPS) is 11.4. The van der Waals surface area contributed by atoms with Crippen LogP contribution in [0.25, 0.3) is 11.2 Å². The zero-order valence-corrected chi connectivity index (χ0v) is 22.6. The minimum Gasteiger partial charge on any atom is -0.481 e. The van der Waals surface area contributed by atoms with Gasteiger partial charge in [-0.1, -0.05) is 6.92 Å². The molecule has 3 aromatic rings. The highest BCUT2D eigenvalue weighted by Crippen LogP contribution is 2.12. The van der Waals surface area contributed by atoms with Crippen molar-refractivity contribution >= 4 is 46.5 Å². The summed E-state index contributed by atoms with van der Waals surface area (Å²) in [4.78, 5) is 85.8. The molecule has 16 heteroatoms. The second-order valence-corrected chi connectivity index (χ2v) is 9.02. The van der Waals surface area contributed by atoms with E-state index >= 15 is 0 Å². The van der Waals surface area contributed by atoms with E-state index in [2.05, 4.69) is 35.9 Å². The Bertz CT molecular complexity index is 1520. The van der Waals surface area contributed by atoms with Gasteiger partial charge in [0.1, 0.15) is 18.4 Å². The number of carbonyl (C=O) groups is 5. The number of carboxylic acids is 2. The van der Waals surface area contributed by atoms with Gasteiger partial charge >= 0.3 is 11.9 Å². The topological polar surface area (TPSA) is 245 Å². The predicted octanol–water partition coefficient (Wildman–Crippen LogP) is -0.442. The zero-order chi connectivity index (χ0) is 30.6. The molecular weight excluding hydrogens is 552 g/mol. The van der Waals surface area contributed by atoms with Gasteiger partial charge < -0.3 is 36.5 Å². The molecule has 222 valence electrons. The third-order valence-electron chi connectivity index (χ3n) is 5.78. The number of hydrogen-bond acceptors (Lipinski definition) is 10. The van der Waals surface area contributed by atoms with Crippen LogP contribution in [0.15, 0.2) is 35.3 Å². The fraction of sp³-hybridized carbons (Fsp3) is 0.346. The molecule has 3 rings (SSSR count). The first-order chi connectivity index (χ1) is 20.0. The van der Waals surface area contributed by atoms with Crippen molar-refractivity contribution in [2.24, 2.45) is 0 Å². The summed E-state index contributed by atoms with van der Waals surface area (Å²) in [7, 11) is 0. The molecule has 16 nitrogen and oxygen atoms in total. The van der Waals surface area contributed by atoms with Crippen LogP contribution < -0.4 is 26.8 Å². The summed E-state index contributed by atoms with van der Waals surface area (Å²) < 4.78 is 0. The van der Waals surface area contributed by atoms with Gasteiger partial charge in [-0.2, -0.15) is 0 Å². The fourth-order valence-corrected chi connectivity index (χ4v) is 3.67. The van der Waals surface area contributed by atoms with Crippen molar-refractivity contribution < 1.29 is 34.2 Å². The number of hydrogen-bond donors (Lipinski definition) is 7. The van der Waals surface area contributed by atoms with Crippen molar-refractivity contribution in [3.8, 4) is 0 Å². The van der Waals surface area contributed by atoms with E-state index in [0.29, 0.717) is 29.2 Å². The number of rotatable bonds is 15. The Morgan fingerprint density at radius 2 is 1.74 bits per heavy atom. The Morgan fingerprint density at radius 1 is 1.00 bits per heavy atom. The SMILES string of the molecule is CCc1nc2ncc(CNc3ccc(C(=O)NCCCC(=O)NC(CC(=O)O)C(=O)NCC(=O)O)cc3)nc2c(=O)[nH]1. The molecule has 2 aromatic heterocycles. The maximum Gasteiger partial charge on any atom is 0.322 e. The molecule has 0 aliphatic carbocycles. The van der Waals surface area contributed by atoms with Crippen LogP contribution in [0.1, 0.15) is 48.1 Å². The number of H-pyrrole nitrogens is 1. The first kappa shape index (κ1) is 31.1. The highest BCUT2D eigenvalue weighted by atomic mass is 16.4. The summed E-state index contributed by atoms with van der Waals surface area (Å²) in [5.74, 6) is -4.06. The van der Waals surface area contributed by atoms with Crippen molar-refractivity contribution in [1.82, 2.24) is 35.9 Å². The number of nitrogens with one attached hydrogen (secondary N) is 5. The number of carbonyl (C=O) groups excluding carboxylic acids is 3. The van der Waals surface area contributed by atoms with Gasteiger partial charge in [0.2, 0.25) is 11.8 Å². The lowest BCUT2D eigenvalue weighted by Gasteiger charge is -2.16. The number of aryl methyl sites for hydroxylation is 1. The number of nitrogens with zero attached hydrogens (tertiary/aromatic N) is 3. The van der Waals surface area contributed by atoms with E-state index < -0.39 is 42.8 Å². The quantitative estimate of drug-likeness (QED) is 0.113. The molecule has 1 aromatic carbocycles. The summed E-state index contributed by atoms with van der Waals surface area (Å²) in [5, 5.41) is 27.7. The van der Waals surface area contributed by atoms with E-state index in [1.54, 1.807) is 24.3 Å². The first-order valence-corrected chi connectivity index (χ1v) is 12.9. The Balaban J connectivity index is 1.43. The lowest BCUT2D eigenvalue weighted by molar-refractivity contribution is -0.141. The van der Waals surface area contributed by atoms with Gasteiger partial charge in [0, 0.05) is 30.6 Å². The van der Waals surface area contributed by atoms with E-state index in [1.165, 1.54) is 6.20 Å². The minimum atomic E-state index is -1.43. The average molecular weight is 583 g/mol. The number of anilines is 1. The molecule has 0 aliphatic heterocycles. The van der Waals surface area contributed by atoms with Gasteiger partial charge in [-0.05, 0) is 30.7 Å². The Labute approximate surface area is 238 Å². The molecule has 0 fully saturated rings. The molecule has 2 heterocycles. The maximum absolute atomic E-state index is 12.4. The second-order valence-electron chi connectivity index (χ2n) is 9.02. The van der Waals surface area contributed by atoms with Crippen molar-refractivity contribution in [3.63, 3.8) is 0 Å². The number of carboxylic acid groups (broad SMARTS) is 2. The van der Waals surface area contributed by atoms with Gasteiger partial charge in [0.25, 0.3) is 11.5 Å². The number of benzene rings is 1. The first-order valence-electron chi connectivity index (χ1n) is 12.9. The molecule has 1 atom stereocenters. The standard InChI is InChI=1S/C26H30N8O8/c1-2-18-33-23-22(26(42)34-18)31-16(12-29-23)11-28-15-7-5-14(6-8-15)24(40)27-9-3-4-19(35)32-17(10-20(36)37)25(41)30-13-21(38)39/h5-8,12,17,28H,2-4,9-11,13H2,1H3,(H,27,40)(H,30,41)(H,32,35)(H,36,37)(H,38,39)(H,29,33,34,42). The molecule has 7 N–H and O–H groups in total. The third-order valence-corrected chi connectivity index (χ3v) is 5.78.